The topological polar surface area (TPSA) is 12.5 Å². The first kappa shape index (κ1) is 14.2. The summed E-state index contributed by atoms with van der Waals surface area (Å²) >= 11 is 0. The van der Waals surface area contributed by atoms with Crippen molar-refractivity contribution in [1.82, 2.24) is 0 Å². The van der Waals surface area contributed by atoms with E-state index >= 15 is 0 Å². The van der Waals surface area contributed by atoms with Gasteiger partial charge >= 0.3 is 0 Å². The minimum atomic E-state index is -1.47. The first-order valence-corrected chi connectivity index (χ1v) is 12.7. The van der Waals surface area contributed by atoms with Gasteiger partial charge in [-0.25, -0.2) is 0 Å². The van der Waals surface area contributed by atoms with Crippen LogP contribution < -0.4 is 0 Å². The van der Waals surface area contributed by atoms with Crippen LogP contribution in [0.4, 0.5) is 0 Å². The summed E-state index contributed by atoms with van der Waals surface area (Å²) in [6.45, 7) is 23.4. The molecule has 0 saturated carbocycles. The molecular weight excluding hydrogens is 228 g/mol. The fourth-order valence-corrected chi connectivity index (χ4v) is 15.4. The van der Waals surface area contributed by atoms with Gasteiger partial charge in [0.1, 0.15) is 0 Å². The molecule has 1 saturated heterocycles. The van der Waals surface area contributed by atoms with E-state index in [-0.39, 0.29) is 4.85 Å². The van der Waals surface area contributed by atoms with Crippen LogP contribution in [0.5, 0.6) is 0 Å². The van der Waals surface area contributed by atoms with E-state index in [0.717, 1.165) is 0 Å². The SMILES string of the molecule is C=C[C@H]1O[C@@]1([Si](C)(C)C)[Si](C)(C)C(C)(C)C. The third kappa shape index (κ3) is 1.68. The molecule has 1 rings (SSSR count). The predicted molar refractivity (Wildman–Crippen MR) is 78.3 cm³/mol. The molecule has 0 N–H and O–H groups in total. The lowest BCUT2D eigenvalue weighted by Crippen LogP contribution is -2.64. The Labute approximate surface area is 103 Å². The van der Waals surface area contributed by atoms with E-state index in [9.17, 15) is 0 Å². The van der Waals surface area contributed by atoms with Crippen LogP contribution in [-0.2, 0) is 4.74 Å². The summed E-state index contributed by atoms with van der Waals surface area (Å²) in [5.41, 5.74) is 0. The Morgan fingerprint density at radius 1 is 1.12 bits per heavy atom. The second kappa shape index (κ2) is 3.56. The van der Waals surface area contributed by atoms with Crippen molar-refractivity contribution in [2.75, 3.05) is 0 Å². The smallest absolute Gasteiger partial charge is 0.0984 e. The van der Waals surface area contributed by atoms with Crippen molar-refractivity contribution in [2.45, 2.75) is 69.5 Å². The molecule has 0 spiro atoms. The van der Waals surface area contributed by atoms with Crippen LogP contribution in [-0.4, -0.2) is 27.1 Å². The fourth-order valence-electron chi connectivity index (χ4n) is 2.98. The Hall–Kier alpha value is 0.134. The highest BCUT2D eigenvalue weighted by molar-refractivity contribution is 7.01. The Bertz CT molecular complexity index is 296. The lowest BCUT2D eigenvalue weighted by atomic mass is 10.2. The Morgan fingerprint density at radius 3 is 1.75 bits per heavy atom. The first-order valence-electron chi connectivity index (χ1n) is 6.22. The van der Waals surface area contributed by atoms with E-state index < -0.39 is 16.1 Å². The largest absolute Gasteiger partial charge is 0.369 e. The average molecular weight is 257 g/mol. The van der Waals surface area contributed by atoms with Crippen LogP contribution in [0.15, 0.2) is 12.7 Å². The van der Waals surface area contributed by atoms with Crippen molar-refractivity contribution < 1.29 is 4.74 Å². The van der Waals surface area contributed by atoms with Crippen molar-refractivity contribution in [2.24, 2.45) is 0 Å². The maximum absolute atomic E-state index is 6.21. The number of ether oxygens (including phenoxy) is 1. The van der Waals surface area contributed by atoms with Crippen LogP contribution in [0.3, 0.4) is 0 Å². The zero-order valence-electron chi connectivity index (χ0n) is 12.3. The molecule has 0 aromatic heterocycles. The summed E-state index contributed by atoms with van der Waals surface area (Å²) in [6, 6.07) is 0. The van der Waals surface area contributed by atoms with Gasteiger partial charge in [-0.2, -0.15) is 0 Å². The standard InChI is InChI=1S/C13H28OSi2/c1-10-11-13(14-11,15(5,6)7)16(8,9)12(2,3)4/h10-11H,1H2,2-9H3/t11-,13+/m1/s1. The van der Waals surface area contributed by atoms with Gasteiger partial charge in [0.25, 0.3) is 0 Å². The summed E-state index contributed by atoms with van der Waals surface area (Å²) in [5, 5.41) is 0.380. The van der Waals surface area contributed by atoms with Crippen molar-refractivity contribution in [3.8, 4) is 0 Å². The highest BCUT2D eigenvalue weighted by Gasteiger charge is 2.73. The van der Waals surface area contributed by atoms with Gasteiger partial charge in [0, 0.05) is 0 Å². The molecule has 0 bridgehead atoms. The number of rotatable bonds is 3. The van der Waals surface area contributed by atoms with Crippen molar-refractivity contribution >= 4 is 16.1 Å². The molecule has 1 nitrogen and oxygen atoms in total. The molecule has 1 aliphatic rings. The predicted octanol–water partition coefficient (Wildman–Crippen LogP) is 4.24. The lowest BCUT2D eigenvalue weighted by molar-refractivity contribution is 0.392. The van der Waals surface area contributed by atoms with E-state index in [1.807, 2.05) is 6.08 Å². The Kier molecular flexibility index (Phi) is 3.16. The molecule has 0 unspecified atom stereocenters. The van der Waals surface area contributed by atoms with Crippen LogP contribution >= 0.6 is 0 Å². The van der Waals surface area contributed by atoms with Crippen LogP contribution in [0, 0.1) is 0 Å². The van der Waals surface area contributed by atoms with Crippen LogP contribution in [0.2, 0.25) is 37.8 Å². The number of hydrogen-bond acceptors (Lipinski definition) is 1. The summed E-state index contributed by atoms with van der Waals surface area (Å²) in [5.74, 6) is 0. The normalized spacial score (nSPS) is 31.4. The van der Waals surface area contributed by atoms with Gasteiger partial charge < -0.3 is 4.74 Å². The molecule has 0 amide bonds. The van der Waals surface area contributed by atoms with Gasteiger partial charge in [0.2, 0.25) is 0 Å². The van der Waals surface area contributed by atoms with Crippen molar-refractivity contribution in [3.05, 3.63) is 12.7 Å². The van der Waals surface area contributed by atoms with Crippen molar-refractivity contribution in [3.63, 3.8) is 0 Å². The number of epoxide rings is 1. The van der Waals surface area contributed by atoms with Gasteiger partial charge in [-0.05, 0) is 5.04 Å². The second-order valence-corrected chi connectivity index (χ2v) is 18.9. The van der Waals surface area contributed by atoms with Gasteiger partial charge in [-0.15, -0.1) is 6.58 Å². The number of hydrogen-bond donors (Lipinski definition) is 0. The molecular formula is C13H28OSi2. The van der Waals surface area contributed by atoms with Gasteiger partial charge in [0.05, 0.1) is 27.1 Å². The molecule has 1 fully saturated rings. The minimum absolute atomic E-state index is 0.194. The van der Waals surface area contributed by atoms with E-state index in [2.05, 4.69) is 60.1 Å². The molecule has 94 valence electrons. The monoisotopic (exact) mass is 256 g/mol. The molecule has 0 aromatic carbocycles. The van der Waals surface area contributed by atoms with E-state index in [0.29, 0.717) is 11.1 Å². The minimum Gasteiger partial charge on any atom is -0.369 e. The summed E-state index contributed by atoms with van der Waals surface area (Å²) in [6.07, 6.45) is 2.35. The maximum atomic E-state index is 6.21. The molecule has 1 aliphatic heterocycles. The van der Waals surface area contributed by atoms with E-state index in [1.165, 1.54) is 0 Å². The first-order chi connectivity index (χ1) is 6.92. The highest BCUT2D eigenvalue weighted by atomic mass is 28.4. The fraction of sp³-hybridized carbons (Fsp3) is 0.846. The molecule has 3 heteroatoms. The quantitative estimate of drug-likeness (QED) is 0.418. The zero-order chi connectivity index (χ0) is 13.0. The van der Waals surface area contributed by atoms with Gasteiger partial charge in [-0.1, -0.05) is 59.6 Å². The van der Waals surface area contributed by atoms with Crippen LogP contribution in [0.1, 0.15) is 20.8 Å². The summed E-state index contributed by atoms with van der Waals surface area (Å²) < 4.78 is 6.21. The second-order valence-electron chi connectivity index (χ2n) is 7.63. The average Bonchev–Trinajstić information content (AvgIpc) is 2.75. The van der Waals surface area contributed by atoms with E-state index in [4.69, 9.17) is 4.74 Å². The summed E-state index contributed by atoms with van der Waals surface area (Å²) in [7, 11) is -2.81. The Balaban J connectivity index is 3.22. The van der Waals surface area contributed by atoms with Crippen molar-refractivity contribution in [1.29, 1.82) is 0 Å². The molecule has 16 heavy (non-hydrogen) atoms. The van der Waals surface area contributed by atoms with Gasteiger partial charge in [-0.3, -0.25) is 0 Å². The molecule has 0 aliphatic carbocycles. The highest BCUT2D eigenvalue weighted by Crippen LogP contribution is 2.58. The molecule has 0 radical (unpaired) electrons. The summed E-state index contributed by atoms with van der Waals surface area (Å²) in [4.78, 5) is 0.194. The van der Waals surface area contributed by atoms with E-state index in [1.54, 1.807) is 0 Å². The van der Waals surface area contributed by atoms with Crippen LogP contribution in [0.25, 0.3) is 0 Å². The molecule has 1 heterocycles. The molecule has 2 atom stereocenters. The van der Waals surface area contributed by atoms with Gasteiger partial charge in [0.15, 0.2) is 0 Å². The maximum Gasteiger partial charge on any atom is 0.0984 e. The lowest BCUT2D eigenvalue weighted by Gasteiger charge is -2.47. The Morgan fingerprint density at radius 2 is 1.56 bits per heavy atom. The zero-order valence-corrected chi connectivity index (χ0v) is 14.3. The third-order valence-electron chi connectivity index (χ3n) is 4.79. The molecule has 0 aromatic rings. The third-order valence-corrected chi connectivity index (χ3v) is 17.6.